The minimum Gasteiger partial charge on any atom is -0.351 e. The van der Waals surface area contributed by atoms with Crippen LogP contribution >= 0.6 is 23.4 Å². The topological polar surface area (TPSA) is 107 Å². The van der Waals surface area contributed by atoms with Gasteiger partial charge >= 0.3 is 6.03 Å². The maximum Gasteiger partial charge on any atom is 0.318 e. The molecule has 9 heteroatoms. The SMILES string of the molecule is CCCCCn1c(S[C@@H](C)C(=O)NC(N)=O)nc2cc(Cl)ccc2c1=O. The molecule has 0 aliphatic heterocycles. The van der Waals surface area contributed by atoms with E-state index in [0.717, 1.165) is 31.0 Å². The zero-order chi connectivity index (χ0) is 19.3. The standard InChI is InChI=1S/C17H21ClN4O3S/c1-3-4-5-8-22-15(24)12-7-6-11(18)9-13(12)20-17(22)26-10(2)14(23)21-16(19)25/h6-7,9-10H,3-5,8H2,1-2H3,(H3,19,21,23,25)/t10-/m0/s1. The molecule has 0 aliphatic carbocycles. The van der Waals surface area contributed by atoms with Gasteiger partial charge in [0, 0.05) is 11.6 Å². The lowest BCUT2D eigenvalue weighted by molar-refractivity contribution is -0.119. The summed E-state index contributed by atoms with van der Waals surface area (Å²) < 4.78 is 1.57. The molecule has 26 heavy (non-hydrogen) atoms. The molecule has 2 aromatic rings. The maximum absolute atomic E-state index is 12.9. The zero-order valence-electron chi connectivity index (χ0n) is 14.6. The summed E-state index contributed by atoms with van der Waals surface area (Å²) in [5.74, 6) is -0.539. The van der Waals surface area contributed by atoms with Gasteiger partial charge in [0.15, 0.2) is 5.16 Å². The predicted molar refractivity (Wildman–Crippen MR) is 104 cm³/mol. The number of fused-ring (bicyclic) bond motifs is 1. The van der Waals surface area contributed by atoms with Gasteiger partial charge in [-0.05, 0) is 31.5 Å². The van der Waals surface area contributed by atoms with E-state index in [0.29, 0.717) is 27.6 Å². The molecule has 1 aromatic heterocycles. The third kappa shape index (κ3) is 4.98. The number of hydrogen-bond donors (Lipinski definition) is 2. The van der Waals surface area contributed by atoms with E-state index in [2.05, 4.69) is 11.9 Å². The van der Waals surface area contributed by atoms with E-state index in [1.54, 1.807) is 29.7 Å². The maximum atomic E-state index is 12.9. The van der Waals surface area contributed by atoms with Gasteiger partial charge in [-0.15, -0.1) is 0 Å². The number of benzene rings is 1. The molecule has 3 N–H and O–H groups in total. The number of amides is 3. The lowest BCUT2D eigenvalue weighted by Gasteiger charge is -2.16. The number of unbranched alkanes of at least 4 members (excludes halogenated alkanes) is 2. The minimum absolute atomic E-state index is 0.173. The lowest BCUT2D eigenvalue weighted by atomic mass is 10.2. The number of carbonyl (C=O) groups is 2. The Kier molecular flexibility index (Phi) is 7.05. The zero-order valence-corrected chi connectivity index (χ0v) is 16.2. The Morgan fingerprint density at radius 2 is 2.12 bits per heavy atom. The molecule has 0 unspecified atom stereocenters. The Morgan fingerprint density at radius 3 is 2.77 bits per heavy atom. The molecule has 0 saturated carbocycles. The van der Waals surface area contributed by atoms with Gasteiger partial charge in [-0.2, -0.15) is 0 Å². The van der Waals surface area contributed by atoms with Gasteiger partial charge in [0.1, 0.15) is 0 Å². The van der Waals surface area contributed by atoms with E-state index < -0.39 is 17.2 Å². The van der Waals surface area contributed by atoms with Crippen LogP contribution in [0.15, 0.2) is 28.2 Å². The van der Waals surface area contributed by atoms with Crippen molar-refractivity contribution in [2.45, 2.75) is 50.1 Å². The minimum atomic E-state index is -0.916. The van der Waals surface area contributed by atoms with Crippen LogP contribution in [0.1, 0.15) is 33.1 Å². The average Bonchev–Trinajstić information content (AvgIpc) is 2.56. The number of nitrogens with two attached hydrogens (primary N) is 1. The van der Waals surface area contributed by atoms with Crippen LogP contribution in [0.5, 0.6) is 0 Å². The highest BCUT2D eigenvalue weighted by Crippen LogP contribution is 2.24. The van der Waals surface area contributed by atoms with Crippen LogP contribution < -0.4 is 16.6 Å². The molecule has 3 amide bonds. The first kappa shape index (κ1) is 20.3. The molecule has 1 atom stereocenters. The highest BCUT2D eigenvalue weighted by atomic mass is 35.5. The Bertz CT molecular complexity index is 884. The number of urea groups is 1. The lowest BCUT2D eigenvalue weighted by Crippen LogP contribution is -2.39. The Balaban J connectivity index is 2.43. The van der Waals surface area contributed by atoms with Crippen molar-refractivity contribution in [1.82, 2.24) is 14.9 Å². The van der Waals surface area contributed by atoms with Gasteiger partial charge in [0.2, 0.25) is 5.91 Å². The van der Waals surface area contributed by atoms with Crippen LogP contribution in [0.4, 0.5) is 4.79 Å². The second kappa shape index (κ2) is 9.05. The summed E-state index contributed by atoms with van der Waals surface area (Å²) in [5, 5.41) is 2.75. The van der Waals surface area contributed by atoms with Crippen molar-refractivity contribution in [1.29, 1.82) is 0 Å². The number of nitrogens with zero attached hydrogens (tertiary/aromatic N) is 2. The fourth-order valence-electron chi connectivity index (χ4n) is 2.42. The molecule has 0 aliphatic rings. The van der Waals surface area contributed by atoms with Gasteiger partial charge in [0.05, 0.1) is 16.2 Å². The first-order valence-corrected chi connectivity index (χ1v) is 9.56. The fourth-order valence-corrected chi connectivity index (χ4v) is 3.52. The summed E-state index contributed by atoms with van der Waals surface area (Å²) >= 11 is 7.11. The number of carbonyl (C=O) groups excluding carboxylic acids is 2. The van der Waals surface area contributed by atoms with Crippen molar-refractivity contribution in [3.63, 3.8) is 0 Å². The van der Waals surface area contributed by atoms with Crippen molar-refractivity contribution in [3.05, 3.63) is 33.6 Å². The number of halogens is 1. The Hall–Kier alpha value is -2.06. The van der Waals surface area contributed by atoms with E-state index >= 15 is 0 Å². The summed E-state index contributed by atoms with van der Waals surface area (Å²) in [7, 11) is 0. The molecule has 1 heterocycles. The summed E-state index contributed by atoms with van der Waals surface area (Å²) in [4.78, 5) is 40.2. The van der Waals surface area contributed by atoms with Gasteiger partial charge in [-0.1, -0.05) is 43.1 Å². The van der Waals surface area contributed by atoms with Crippen LogP contribution in [0, 0.1) is 0 Å². The fraction of sp³-hybridized carbons (Fsp3) is 0.412. The highest BCUT2D eigenvalue weighted by molar-refractivity contribution is 8.00. The summed E-state index contributed by atoms with van der Waals surface area (Å²) in [6, 6.07) is 4.01. The summed E-state index contributed by atoms with van der Waals surface area (Å²) in [6.45, 7) is 4.20. The highest BCUT2D eigenvalue weighted by Gasteiger charge is 2.20. The summed E-state index contributed by atoms with van der Waals surface area (Å²) in [6.07, 6.45) is 2.82. The molecule has 0 spiro atoms. The number of thioether (sulfide) groups is 1. The van der Waals surface area contributed by atoms with E-state index in [1.807, 2.05) is 5.32 Å². The number of nitrogens with one attached hydrogen (secondary N) is 1. The van der Waals surface area contributed by atoms with E-state index in [1.165, 1.54) is 0 Å². The number of hydrogen-bond acceptors (Lipinski definition) is 5. The normalized spacial score (nSPS) is 12.1. The van der Waals surface area contributed by atoms with Gasteiger partial charge in [-0.25, -0.2) is 9.78 Å². The number of rotatable bonds is 7. The molecule has 2 rings (SSSR count). The largest absolute Gasteiger partial charge is 0.351 e. The van der Waals surface area contributed by atoms with E-state index in [9.17, 15) is 14.4 Å². The van der Waals surface area contributed by atoms with E-state index in [4.69, 9.17) is 17.3 Å². The third-order valence-electron chi connectivity index (χ3n) is 3.77. The first-order chi connectivity index (χ1) is 12.3. The molecular weight excluding hydrogens is 376 g/mol. The quantitative estimate of drug-likeness (QED) is 0.425. The first-order valence-electron chi connectivity index (χ1n) is 8.30. The van der Waals surface area contributed by atoms with Gasteiger partial charge in [-0.3, -0.25) is 19.5 Å². The van der Waals surface area contributed by atoms with Gasteiger partial charge in [0.25, 0.3) is 5.56 Å². The number of primary amides is 1. The molecule has 0 saturated heterocycles. The predicted octanol–water partition coefficient (Wildman–Crippen LogP) is 2.92. The van der Waals surface area contributed by atoms with Crippen molar-refractivity contribution in [2.24, 2.45) is 5.73 Å². The van der Waals surface area contributed by atoms with Crippen LogP contribution in [-0.2, 0) is 11.3 Å². The average molecular weight is 397 g/mol. The van der Waals surface area contributed by atoms with Gasteiger partial charge < -0.3 is 5.73 Å². The molecule has 0 fully saturated rings. The second-order valence-electron chi connectivity index (χ2n) is 5.83. The van der Waals surface area contributed by atoms with Crippen LogP contribution in [0.25, 0.3) is 10.9 Å². The third-order valence-corrected chi connectivity index (χ3v) is 5.09. The molecule has 140 valence electrons. The smallest absolute Gasteiger partial charge is 0.318 e. The van der Waals surface area contributed by atoms with Crippen molar-refractivity contribution >= 4 is 46.2 Å². The molecular formula is C17H21ClN4O3S. The van der Waals surface area contributed by atoms with Crippen LogP contribution in [0.2, 0.25) is 5.02 Å². The molecule has 7 nitrogen and oxygen atoms in total. The van der Waals surface area contributed by atoms with Crippen molar-refractivity contribution in [3.8, 4) is 0 Å². The second-order valence-corrected chi connectivity index (χ2v) is 7.58. The molecule has 0 bridgehead atoms. The van der Waals surface area contributed by atoms with Crippen molar-refractivity contribution < 1.29 is 9.59 Å². The number of imide groups is 1. The van der Waals surface area contributed by atoms with E-state index in [-0.39, 0.29) is 5.56 Å². The van der Waals surface area contributed by atoms with Crippen LogP contribution in [-0.4, -0.2) is 26.7 Å². The molecule has 0 radical (unpaired) electrons. The molecule has 1 aromatic carbocycles. The Labute approximate surface area is 160 Å². The monoisotopic (exact) mass is 396 g/mol. The summed E-state index contributed by atoms with van der Waals surface area (Å²) in [5.41, 5.74) is 5.28. The van der Waals surface area contributed by atoms with Crippen LogP contribution in [0.3, 0.4) is 0 Å². The Morgan fingerprint density at radius 1 is 1.38 bits per heavy atom. The van der Waals surface area contributed by atoms with Crippen molar-refractivity contribution in [2.75, 3.05) is 0 Å². The number of aromatic nitrogens is 2.